The molecule has 1 aliphatic rings. The van der Waals surface area contributed by atoms with E-state index in [1.165, 1.54) is 55.6 Å². The van der Waals surface area contributed by atoms with Crippen molar-refractivity contribution in [1.82, 2.24) is 15.2 Å². The Labute approximate surface area is 155 Å². The summed E-state index contributed by atoms with van der Waals surface area (Å²) in [6.45, 7) is 1.77. The van der Waals surface area contributed by atoms with Gasteiger partial charge in [-0.3, -0.25) is 9.89 Å². The number of halogens is 2. The highest BCUT2D eigenvalue weighted by molar-refractivity contribution is 8.00. The zero-order valence-corrected chi connectivity index (χ0v) is 15.5. The van der Waals surface area contributed by atoms with Crippen molar-refractivity contribution < 1.29 is 9.18 Å². The summed E-state index contributed by atoms with van der Waals surface area (Å²) in [5.74, 6) is 0.886. The summed E-state index contributed by atoms with van der Waals surface area (Å²) in [5, 5.41) is 10.2. The third kappa shape index (κ3) is 4.95. The van der Waals surface area contributed by atoms with Crippen molar-refractivity contribution in [1.29, 1.82) is 0 Å². The second-order valence-corrected chi connectivity index (χ2v) is 8.01. The summed E-state index contributed by atoms with van der Waals surface area (Å²) in [6, 6.07) is 3.86. The molecule has 134 valence electrons. The Morgan fingerprint density at radius 1 is 1.48 bits per heavy atom. The number of benzene rings is 1. The quantitative estimate of drug-likeness (QED) is 0.724. The molecular formula is C17H20ClFN4OS. The number of aromatic nitrogens is 3. The van der Waals surface area contributed by atoms with Crippen LogP contribution in [0.1, 0.15) is 38.4 Å². The lowest BCUT2D eigenvalue weighted by atomic mass is 10.0. The number of anilines is 1. The van der Waals surface area contributed by atoms with Gasteiger partial charge in [0.05, 0.1) is 16.0 Å². The average molecular weight is 383 g/mol. The summed E-state index contributed by atoms with van der Waals surface area (Å²) in [7, 11) is 0. The summed E-state index contributed by atoms with van der Waals surface area (Å²) in [5.41, 5.74) is 0.387. The van der Waals surface area contributed by atoms with Crippen LogP contribution >= 0.6 is 23.4 Å². The number of thioether (sulfide) groups is 1. The minimum absolute atomic E-state index is 0.169. The van der Waals surface area contributed by atoms with E-state index in [1.54, 1.807) is 6.92 Å². The van der Waals surface area contributed by atoms with E-state index in [1.807, 2.05) is 0 Å². The maximum absolute atomic E-state index is 13.1. The highest BCUT2D eigenvalue weighted by Gasteiger charge is 2.20. The smallest absolute Gasteiger partial charge is 0.237 e. The predicted molar refractivity (Wildman–Crippen MR) is 97.4 cm³/mol. The number of H-pyrrole nitrogens is 1. The van der Waals surface area contributed by atoms with Crippen LogP contribution in [0.25, 0.3) is 0 Å². The highest BCUT2D eigenvalue weighted by Crippen LogP contribution is 2.28. The van der Waals surface area contributed by atoms with Crippen molar-refractivity contribution in [2.45, 2.75) is 49.4 Å². The topological polar surface area (TPSA) is 70.7 Å². The molecule has 0 radical (unpaired) electrons. The van der Waals surface area contributed by atoms with Gasteiger partial charge in [0.1, 0.15) is 11.6 Å². The summed E-state index contributed by atoms with van der Waals surface area (Å²) in [6.07, 6.45) is 6.01. The van der Waals surface area contributed by atoms with E-state index in [0.717, 1.165) is 12.2 Å². The molecule has 1 aromatic carbocycles. The third-order valence-corrected chi connectivity index (χ3v) is 5.58. The van der Waals surface area contributed by atoms with Crippen molar-refractivity contribution in [3.05, 3.63) is 34.9 Å². The van der Waals surface area contributed by atoms with Gasteiger partial charge in [-0.05, 0) is 31.0 Å². The molecule has 1 saturated carbocycles. The van der Waals surface area contributed by atoms with Gasteiger partial charge in [-0.25, -0.2) is 9.37 Å². The van der Waals surface area contributed by atoms with Crippen LogP contribution in [-0.4, -0.2) is 26.3 Å². The molecule has 0 saturated heterocycles. The molecule has 8 heteroatoms. The number of nitrogens with one attached hydrogen (secondary N) is 2. The molecule has 25 heavy (non-hydrogen) atoms. The van der Waals surface area contributed by atoms with Gasteiger partial charge in [-0.2, -0.15) is 0 Å². The molecule has 5 nitrogen and oxygen atoms in total. The van der Waals surface area contributed by atoms with Gasteiger partial charge in [0.2, 0.25) is 11.1 Å². The highest BCUT2D eigenvalue weighted by atomic mass is 35.5. The van der Waals surface area contributed by atoms with Crippen LogP contribution in [0.5, 0.6) is 0 Å². The summed E-state index contributed by atoms with van der Waals surface area (Å²) >= 11 is 7.21. The van der Waals surface area contributed by atoms with Gasteiger partial charge in [0, 0.05) is 6.42 Å². The molecule has 1 atom stereocenters. The van der Waals surface area contributed by atoms with Crippen LogP contribution in [0.3, 0.4) is 0 Å². The van der Waals surface area contributed by atoms with Crippen molar-refractivity contribution in [3.63, 3.8) is 0 Å². The molecule has 0 aliphatic heterocycles. The Kier molecular flexibility index (Phi) is 5.96. The van der Waals surface area contributed by atoms with Gasteiger partial charge in [-0.1, -0.05) is 49.0 Å². The number of amides is 1. The second kappa shape index (κ2) is 8.19. The van der Waals surface area contributed by atoms with Gasteiger partial charge in [0.25, 0.3) is 0 Å². The number of carbonyl (C=O) groups excluding carboxylic acids is 1. The first kappa shape index (κ1) is 18.2. The Morgan fingerprint density at radius 3 is 2.96 bits per heavy atom. The van der Waals surface area contributed by atoms with Crippen molar-refractivity contribution in [2.24, 2.45) is 5.92 Å². The maximum atomic E-state index is 13.1. The molecule has 1 heterocycles. The SMILES string of the molecule is C[C@H](Sc1n[nH]c(CC2CCCC2)n1)C(=O)Nc1ccc(F)cc1Cl. The van der Waals surface area contributed by atoms with E-state index in [9.17, 15) is 9.18 Å². The molecule has 0 unspecified atom stereocenters. The van der Waals surface area contributed by atoms with Crippen LogP contribution < -0.4 is 5.32 Å². The predicted octanol–water partition coefficient (Wildman–Crippen LogP) is 4.45. The molecule has 1 aliphatic carbocycles. The molecule has 1 aromatic heterocycles. The van der Waals surface area contributed by atoms with Gasteiger partial charge < -0.3 is 5.32 Å². The number of aromatic amines is 1. The lowest BCUT2D eigenvalue weighted by Crippen LogP contribution is -2.22. The molecule has 1 fully saturated rings. The Morgan fingerprint density at radius 2 is 2.24 bits per heavy atom. The number of hydrogen-bond donors (Lipinski definition) is 2. The first-order valence-corrected chi connectivity index (χ1v) is 9.61. The minimum atomic E-state index is -0.444. The van der Waals surface area contributed by atoms with Crippen LogP contribution in [0.15, 0.2) is 23.4 Å². The van der Waals surface area contributed by atoms with E-state index >= 15 is 0 Å². The van der Waals surface area contributed by atoms with Crippen molar-refractivity contribution in [3.8, 4) is 0 Å². The minimum Gasteiger partial charge on any atom is -0.324 e. The van der Waals surface area contributed by atoms with Crippen molar-refractivity contribution in [2.75, 3.05) is 5.32 Å². The number of hydrogen-bond acceptors (Lipinski definition) is 4. The van der Waals surface area contributed by atoms with Crippen LogP contribution in [0.4, 0.5) is 10.1 Å². The molecule has 0 spiro atoms. The number of nitrogens with zero attached hydrogens (tertiary/aromatic N) is 2. The summed E-state index contributed by atoms with van der Waals surface area (Å²) < 4.78 is 13.1. The van der Waals surface area contributed by atoms with E-state index < -0.39 is 11.1 Å². The second-order valence-electron chi connectivity index (χ2n) is 6.29. The largest absolute Gasteiger partial charge is 0.324 e. The van der Waals surface area contributed by atoms with E-state index in [-0.39, 0.29) is 10.9 Å². The lowest BCUT2D eigenvalue weighted by Gasteiger charge is -2.11. The zero-order valence-electron chi connectivity index (χ0n) is 13.9. The molecule has 1 amide bonds. The summed E-state index contributed by atoms with van der Waals surface area (Å²) in [4.78, 5) is 16.8. The average Bonchev–Trinajstić information content (AvgIpc) is 3.22. The molecule has 3 rings (SSSR count). The normalized spacial score (nSPS) is 16.1. The fourth-order valence-electron chi connectivity index (χ4n) is 2.95. The van der Waals surface area contributed by atoms with Gasteiger partial charge in [0.15, 0.2) is 0 Å². The van der Waals surface area contributed by atoms with Gasteiger partial charge in [-0.15, -0.1) is 5.10 Å². The van der Waals surface area contributed by atoms with E-state index in [4.69, 9.17) is 11.6 Å². The van der Waals surface area contributed by atoms with Crippen molar-refractivity contribution >= 4 is 35.0 Å². The van der Waals surface area contributed by atoms with Crippen LogP contribution in [0.2, 0.25) is 5.02 Å². The van der Waals surface area contributed by atoms with Crippen LogP contribution in [-0.2, 0) is 11.2 Å². The monoisotopic (exact) mass is 382 g/mol. The zero-order chi connectivity index (χ0) is 17.8. The molecule has 0 bridgehead atoms. The van der Waals surface area contributed by atoms with Crippen LogP contribution in [0, 0.1) is 11.7 Å². The molecular weight excluding hydrogens is 363 g/mol. The number of rotatable bonds is 6. The Hall–Kier alpha value is -1.60. The Balaban J connectivity index is 1.55. The molecule has 2 aromatic rings. The first-order chi connectivity index (χ1) is 12.0. The lowest BCUT2D eigenvalue weighted by molar-refractivity contribution is -0.115. The standard InChI is InChI=1S/C17H20ClFN4OS/c1-10(16(24)20-14-7-6-12(19)9-13(14)18)25-17-21-15(22-23-17)8-11-4-2-3-5-11/h6-7,9-11H,2-5,8H2,1H3,(H,20,24)(H,21,22,23)/t10-/m0/s1. The van der Waals surface area contributed by atoms with E-state index in [0.29, 0.717) is 16.8 Å². The third-order valence-electron chi connectivity index (χ3n) is 4.31. The maximum Gasteiger partial charge on any atom is 0.237 e. The van der Waals surface area contributed by atoms with Gasteiger partial charge >= 0.3 is 0 Å². The van der Waals surface area contributed by atoms with E-state index in [2.05, 4.69) is 20.5 Å². The fourth-order valence-corrected chi connectivity index (χ4v) is 3.90. The first-order valence-electron chi connectivity index (χ1n) is 8.35. The Bertz CT molecular complexity index is 748. The number of carbonyl (C=O) groups is 1. The molecule has 2 N–H and O–H groups in total. The fraction of sp³-hybridized carbons (Fsp3) is 0.471.